The van der Waals surface area contributed by atoms with Crippen molar-refractivity contribution < 1.29 is 42.9 Å². The van der Waals surface area contributed by atoms with Gasteiger partial charge in [0.25, 0.3) is 6.29 Å². The second kappa shape index (κ2) is 73.2. The Balaban J connectivity index is 4.08. The monoisotopic (exact) mass is 1300 g/mol. The molecule has 0 aliphatic heterocycles. The molecule has 0 bridgehead atoms. The van der Waals surface area contributed by atoms with Crippen molar-refractivity contribution in [2.75, 3.05) is 47.5 Å². The molecule has 0 saturated carbocycles. The number of quaternary nitrogens is 1. The molecule has 9 nitrogen and oxygen atoms in total. The minimum Gasteiger partial charge on any atom is -0.477 e. The zero-order valence-electron chi connectivity index (χ0n) is 60.9. The number of hydrogen-bond acceptors (Lipinski definition) is 7. The number of carbonyl (C=O) groups excluding carboxylic acids is 2. The summed E-state index contributed by atoms with van der Waals surface area (Å²) in [6, 6.07) is 0. The number of carboxylic acids is 1. The summed E-state index contributed by atoms with van der Waals surface area (Å²) < 4.78 is 23.0. The number of unbranched alkanes of at least 4 members (excludes halogenated alkanes) is 33. The number of hydrogen-bond donors (Lipinski definition) is 1. The average molecular weight is 1300 g/mol. The number of nitrogens with zero attached hydrogens (tertiary/aromatic N) is 1. The summed E-state index contributed by atoms with van der Waals surface area (Å²) in [6.45, 7) is 4.74. The Morgan fingerprint density at radius 2 is 0.613 bits per heavy atom. The van der Waals surface area contributed by atoms with Gasteiger partial charge in [-0.15, -0.1) is 0 Å². The lowest BCUT2D eigenvalue weighted by Crippen LogP contribution is -2.40. The van der Waals surface area contributed by atoms with E-state index in [4.69, 9.17) is 18.9 Å². The first-order chi connectivity index (χ1) is 45.6. The zero-order chi connectivity index (χ0) is 67.5. The predicted octanol–water partition coefficient (Wildman–Crippen LogP) is 24.5. The average Bonchev–Trinajstić information content (AvgIpc) is 3.74. The number of allylic oxidation sites excluding steroid dienone is 22. The number of likely N-dealkylation sites (N-methyl/N-ethyl adjacent to an activating group) is 1. The fourth-order valence-corrected chi connectivity index (χ4v) is 10.6. The molecule has 0 spiro atoms. The highest BCUT2D eigenvalue weighted by molar-refractivity contribution is 5.71. The van der Waals surface area contributed by atoms with Crippen molar-refractivity contribution in [3.8, 4) is 0 Å². The Kier molecular flexibility index (Phi) is 69.6. The first kappa shape index (κ1) is 88.4. The Hall–Kier alpha value is -4.57. The van der Waals surface area contributed by atoms with Gasteiger partial charge in [0.1, 0.15) is 13.2 Å². The molecular formula is C84H144NO8+. The van der Waals surface area contributed by atoms with Crippen LogP contribution in [0.5, 0.6) is 0 Å². The van der Waals surface area contributed by atoms with Crippen LogP contribution >= 0.6 is 0 Å². The molecular weight excluding hydrogens is 1150 g/mol. The summed E-state index contributed by atoms with van der Waals surface area (Å²) >= 11 is 0. The van der Waals surface area contributed by atoms with Crippen LogP contribution in [0.15, 0.2) is 134 Å². The summed E-state index contributed by atoms with van der Waals surface area (Å²) in [5.74, 6) is -2.04. The summed E-state index contributed by atoms with van der Waals surface area (Å²) in [5, 5.41) is 9.76. The Morgan fingerprint density at radius 3 is 0.914 bits per heavy atom. The van der Waals surface area contributed by atoms with Gasteiger partial charge in [0.2, 0.25) is 0 Å². The quantitative estimate of drug-likeness (QED) is 0.0211. The van der Waals surface area contributed by atoms with E-state index in [1.165, 1.54) is 180 Å². The fourth-order valence-electron chi connectivity index (χ4n) is 10.6. The van der Waals surface area contributed by atoms with Gasteiger partial charge >= 0.3 is 17.9 Å². The molecule has 93 heavy (non-hydrogen) atoms. The van der Waals surface area contributed by atoms with Gasteiger partial charge in [-0.1, -0.05) is 327 Å². The Bertz CT molecular complexity index is 2000. The van der Waals surface area contributed by atoms with E-state index in [2.05, 4.69) is 148 Å². The van der Waals surface area contributed by atoms with Crippen LogP contribution in [0, 0.1) is 0 Å². The van der Waals surface area contributed by atoms with E-state index >= 15 is 0 Å². The molecule has 0 radical (unpaired) electrons. The van der Waals surface area contributed by atoms with Crippen molar-refractivity contribution in [1.29, 1.82) is 0 Å². The minimum atomic E-state index is -1.53. The van der Waals surface area contributed by atoms with Crippen molar-refractivity contribution in [3.05, 3.63) is 134 Å². The fraction of sp³-hybridized carbons (Fsp3) is 0.702. The van der Waals surface area contributed by atoms with Crippen LogP contribution in [0.2, 0.25) is 0 Å². The lowest BCUT2D eigenvalue weighted by Gasteiger charge is -2.25. The van der Waals surface area contributed by atoms with Gasteiger partial charge in [0.05, 0.1) is 34.4 Å². The molecule has 0 aromatic carbocycles. The van der Waals surface area contributed by atoms with E-state index in [1.807, 2.05) is 21.1 Å². The third-order valence-electron chi connectivity index (χ3n) is 16.4. The summed E-state index contributed by atoms with van der Waals surface area (Å²) in [4.78, 5) is 37.7. The van der Waals surface area contributed by atoms with E-state index in [0.717, 1.165) is 109 Å². The van der Waals surface area contributed by atoms with E-state index in [9.17, 15) is 19.5 Å². The second-order valence-corrected chi connectivity index (χ2v) is 26.6. The van der Waals surface area contributed by atoms with Gasteiger partial charge in [0, 0.05) is 12.8 Å². The molecule has 0 saturated heterocycles. The molecule has 0 rings (SSSR count). The number of ether oxygens (including phenoxy) is 4. The van der Waals surface area contributed by atoms with Crippen LogP contribution in [-0.2, 0) is 33.3 Å². The van der Waals surface area contributed by atoms with E-state index in [0.29, 0.717) is 23.9 Å². The van der Waals surface area contributed by atoms with Gasteiger partial charge in [-0.2, -0.15) is 0 Å². The highest BCUT2D eigenvalue weighted by Crippen LogP contribution is 2.18. The predicted molar refractivity (Wildman–Crippen MR) is 401 cm³/mol. The molecule has 2 unspecified atom stereocenters. The molecule has 532 valence electrons. The smallest absolute Gasteiger partial charge is 0.361 e. The SMILES string of the molecule is CC/C=C\C/C=C\C/C=C\C/C=C\C/C=C\C/C=C\C/C=C\C/C=C\CCCCCCC(=O)OC(COC(=O)CCCCCCCCCCCCCCCCCCCCCCCCCC/C=C\C/C=C\C/C=C\CCCCCCC)COC(OCC[N+](C)(C)C)C(=O)O. The first-order valence-electron chi connectivity index (χ1n) is 38.3. The Morgan fingerprint density at radius 1 is 0.333 bits per heavy atom. The Labute approximate surface area is 573 Å². The van der Waals surface area contributed by atoms with Crippen molar-refractivity contribution in [1.82, 2.24) is 0 Å². The maximum absolute atomic E-state index is 13.0. The van der Waals surface area contributed by atoms with E-state index in [-0.39, 0.29) is 32.2 Å². The van der Waals surface area contributed by atoms with Crippen LogP contribution in [0.3, 0.4) is 0 Å². The molecule has 2 atom stereocenters. The largest absolute Gasteiger partial charge is 0.477 e. The van der Waals surface area contributed by atoms with Gasteiger partial charge in [-0.05, 0) is 116 Å². The van der Waals surface area contributed by atoms with Crippen molar-refractivity contribution in [2.45, 2.75) is 334 Å². The first-order valence-corrected chi connectivity index (χ1v) is 38.3. The lowest BCUT2D eigenvalue weighted by atomic mass is 10.0. The van der Waals surface area contributed by atoms with Crippen LogP contribution in [0.25, 0.3) is 0 Å². The van der Waals surface area contributed by atoms with Gasteiger partial charge in [-0.25, -0.2) is 4.79 Å². The zero-order valence-corrected chi connectivity index (χ0v) is 60.9. The molecule has 0 aliphatic rings. The highest BCUT2D eigenvalue weighted by Gasteiger charge is 2.25. The molecule has 9 heteroatoms. The molecule has 0 amide bonds. The van der Waals surface area contributed by atoms with Crippen molar-refractivity contribution in [3.63, 3.8) is 0 Å². The number of carboxylic acid groups (broad SMARTS) is 1. The van der Waals surface area contributed by atoms with Crippen molar-refractivity contribution in [2.24, 2.45) is 0 Å². The standard InChI is InChI=1S/C84H143NO8/c1-6-8-10-12-14-16-18-20-22-24-26-28-30-32-34-36-37-38-39-40-41-42-43-44-45-47-48-50-52-54-56-58-60-62-64-66-68-70-72-74-81(86)91-78-80(79-92-84(83(88)89)90-77-76-85(3,4)5)93-82(87)75-73-71-69-67-65-63-61-59-57-55-53-51-49-46-35-33-31-29-27-25-23-21-19-17-15-13-11-9-7-2/h9,11,15,17-18,20-21,23-24,26-27,29-30,32-33,35,49,51,55,57,61,63,80,84H,6-8,10,12-14,16,19,22,25,28,31,34,36-48,50,52-54,56,58-60,62,64-79H2,1-5H3/p+1/b11-9-,17-15-,20-18-,23-21-,26-24-,29-27-,32-30-,35-33-,51-49-,57-55-,63-61-. The van der Waals surface area contributed by atoms with Crippen molar-refractivity contribution >= 4 is 17.9 Å². The number of aliphatic carboxylic acids is 1. The topological polar surface area (TPSA) is 108 Å². The minimum absolute atomic E-state index is 0.177. The third-order valence-corrected chi connectivity index (χ3v) is 16.4. The van der Waals surface area contributed by atoms with E-state index in [1.54, 1.807) is 0 Å². The molecule has 0 aromatic heterocycles. The van der Waals surface area contributed by atoms with Crippen LogP contribution in [0.4, 0.5) is 0 Å². The number of rotatable bonds is 70. The second-order valence-electron chi connectivity index (χ2n) is 26.6. The maximum Gasteiger partial charge on any atom is 0.361 e. The van der Waals surface area contributed by atoms with Crippen LogP contribution < -0.4 is 0 Å². The summed E-state index contributed by atoms with van der Waals surface area (Å²) in [6.07, 6.45) is 103. The van der Waals surface area contributed by atoms with Gasteiger partial charge < -0.3 is 28.5 Å². The third kappa shape index (κ3) is 74.7. The molecule has 0 aromatic rings. The highest BCUT2D eigenvalue weighted by atomic mass is 16.7. The van der Waals surface area contributed by atoms with E-state index < -0.39 is 24.3 Å². The van der Waals surface area contributed by atoms with Crippen LogP contribution in [0.1, 0.15) is 322 Å². The molecule has 0 aliphatic carbocycles. The van der Waals surface area contributed by atoms with Gasteiger partial charge in [0.15, 0.2) is 6.10 Å². The molecule has 1 N–H and O–H groups in total. The number of esters is 2. The van der Waals surface area contributed by atoms with Gasteiger partial charge in [-0.3, -0.25) is 9.59 Å². The number of carbonyl (C=O) groups is 3. The normalized spacial score (nSPS) is 13.4. The molecule has 0 fully saturated rings. The van der Waals surface area contributed by atoms with Crippen LogP contribution in [-0.4, -0.2) is 87.4 Å². The maximum atomic E-state index is 13.0. The summed E-state index contributed by atoms with van der Waals surface area (Å²) in [7, 11) is 5.97. The molecule has 0 heterocycles. The lowest BCUT2D eigenvalue weighted by molar-refractivity contribution is -0.870. The summed E-state index contributed by atoms with van der Waals surface area (Å²) in [5.41, 5.74) is 0.